The van der Waals surface area contributed by atoms with Gasteiger partial charge < -0.3 is 14.2 Å². The molecule has 0 amide bonds. The highest BCUT2D eigenvalue weighted by atomic mass is 16.6. The molecular formula is C15H14N2O6. The standard InChI is InChI=1S/C15H14N2O6/c1-3-22-15(18)10-4-7-14(16-9-10)23-13-6-5-11(21-2)8-12(13)17(19)20/h4-9H,3H2,1-2H3. The summed E-state index contributed by atoms with van der Waals surface area (Å²) in [6.45, 7) is 1.96. The van der Waals surface area contributed by atoms with Crippen LogP contribution in [0.1, 0.15) is 17.3 Å². The summed E-state index contributed by atoms with van der Waals surface area (Å²) in [4.78, 5) is 26.0. The lowest BCUT2D eigenvalue weighted by molar-refractivity contribution is -0.385. The number of pyridine rings is 1. The van der Waals surface area contributed by atoms with Crippen LogP contribution in [0, 0.1) is 10.1 Å². The molecule has 2 rings (SSSR count). The number of esters is 1. The van der Waals surface area contributed by atoms with Crippen LogP contribution in [-0.4, -0.2) is 29.6 Å². The number of ether oxygens (including phenoxy) is 3. The maximum absolute atomic E-state index is 11.5. The molecule has 0 N–H and O–H groups in total. The Morgan fingerprint density at radius 1 is 1.30 bits per heavy atom. The summed E-state index contributed by atoms with van der Waals surface area (Å²) >= 11 is 0. The summed E-state index contributed by atoms with van der Waals surface area (Å²) in [5, 5.41) is 11.1. The average molecular weight is 318 g/mol. The van der Waals surface area contributed by atoms with Gasteiger partial charge in [0.05, 0.1) is 30.3 Å². The van der Waals surface area contributed by atoms with E-state index in [1.807, 2.05) is 0 Å². The van der Waals surface area contributed by atoms with Crippen LogP contribution >= 0.6 is 0 Å². The lowest BCUT2D eigenvalue weighted by Gasteiger charge is -2.07. The van der Waals surface area contributed by atoms with Gasteiger partial charge >= 0.3 is 11.7 Å². The Labute approximate surface area is 131 Å². The Morgan fingerprint density at radius 2 is 2.09 bits per heavy atom. The molecule has 1 aromatic carbocycles. The third kappa shape index (κ3) is 3.94. The maximum atomic E-state index is 11.5. The number of nitrogens with zero attached hydrogens (tertiary/aromatic N) is 2. The SMILES string of the molecule is CCOC(=O)c1ccc(Oc2ccc(OC)cc2[N+](=O)[O-])nc1. The summed E-state index contributed by atoms with van der Waals surface area (Å²) in [7, 11) is 1.41. The van der Waals surface area contributed by atoms with Crippen LogP contribution in [0.5, 0.6) is 17.4 Å². The van der Waals surface area contributed by atoms with Crippen molar-refractivity contribution in [3.05, 3.63) is 52.2 Å². The molecule has 0 fully saturated rings. The normalized spacial score (nSPS) is 10.0. The van der Waals surface area contributed by atoms with E-state index in [2.05, 4.69) is 4.98 Å². The number of carbonyl (C=O) groups excluding carboxylic acids is 1. The monoisotopic (exact) mass is 318 g/mol. The van der Waals surface area contributed by atoms with Crippen LogP contribution in [0.25, 0.3) is 0 Å². The molecule has 8 heteroatoms. The predicted molar refractivity (Wildman–Crippen MR) is 79.9 cm³/mol. The minimum absolute atomic E-state index is 0.0205. The van der Waals surface area contributed by atoms with E-state index in [1.54, 1.807) is 6.92 Å². The van der Waals surface area contributed by atoms with Gasteiger partial charge in [-0.3, -0.25) is 10.1 Å². The zero-order chi connectivity index (χ0) is 16.8. The summed E-state index contributed by atoms with van der Waals surface area (Å²) in [5.74, 6) is -0.0184. The van der Waals surface area contributed by atoms with Gasteiger partial charge in [0.2, 0.25) is 11.6 Å². The number of nitro groups is 1. The van der Waals surface area contributed by atoms with Crippen LogP contribution in [0.15, 0.2) is 36.5 Å². The molecule has 8 nitrogen and oxygen atoms in total. The van der Waals surface area contributed by atoms with Gasteiger partial charge in [-0.1, -0.05) is 0 Å². The highest BCUT2D eigenvalue weighted by Gasteiger charge is 2.18. The second-order valence-electron chi connectivity index (χ2n) is 4.30. The van der Waals surface area contributed by atoms with E-state index in [1.165, 1.54) is 43.6 Å². The predicted octanol–water partition coefficient (Wildman–Crippen LogP) is 2.97. The topological polar surface area (TPSA) is 101 Å². The zero-order valence-corrected chi connectivity index (χ0v) is 12.5. The van der Waals surface area contributed by atoms with Crippen LogP contribution in [-0.2, 0) is 4.74 Å². The van der Waals surface area contributed by atoms with E-state index in [4.69, 9.17) is 14.2 Å². The lowest BCUT2D eigenvalue weighted by Crippen LogP contribution is -2.05. The number of hydrogen-bond acceptors (Lipinski definition) is 7. The third-order valence-corrected chi connectivity index (χ3v) is 2.82. The second kappa shape index (κ2) is 7.21. The number of methoxy groups -OCH3 is 1. The quantitative estimate of drug-likeness (QED) is 0.458. The number of nitro benzene ring substituents is 1. The summed E-state index contributed by atoms with van der Waals surface area (Å²) in [6, 6.07) is 7.10. The van der Waals surface area contributed by atoms with E-state index in [0.29, 0.717) is 5.75 Å². The minimum Gasteiger partial charge on any atom is -0.496 e. The Kier molecular flexibility index (Phi) is 5.08. The van der Waals surface area contributed by atoms with E-state index in [9.17, 15) is 14.9 Å². The van der Waals surface area contributed by atoms with Crippen molar-refractivity contribution in [3.63, 3.8) is 0 Å². The molecule has 120 valence electrons. The van der Waals surface area contributed by atoms with Gasteiger partial charge in [0.15, 0.2) is 0 Å². The first-order valence-corrected chi connectivity index (χ1v) is 6.68. The number of benzene rings is 1. The van der Waals surface area contributed by atoms with Crippen molar-refractivity contribution in [1.29, 1.82) is 0 Å². The number of carbonyl (C=O) groups is 1. The molecule has 0 aliphatic carbocycles. The molecule has 0 atom stereocenters. The van der Waals surface area contributed by atoms with Crippen molar-refractivity contribution in [2.75, 3.05) is 13.7 Å². The van der Waals surface area contributed by atoms with E-state index >= 15 is 0 Å². The van der Waals surface area contributed by atoms with E-state index in [-0.39, 0.29) is 29.5 Å². The number of hydrogen-bond donors (Lipinski definition) is 0. The van der Waals surface area contributed by atoms with Gasteiger partial charge in [-0.15, -0.1) is 0 Å². The van der Waals surface area contributed by atoms with Crippen molar-refractivity contribution in [2.24, 2.45) is 0 Å². The number of rotatable bonds is 6. The van der Waals surface area contributed by atoms with Crippen molar-refractivity contribution in [1.82, 2.24) is 4.98 Å². The van der Waals surface area contributed by atoms with Gasteiger partial charge in [-0.25, -0.2) is 9.78 Å². The van der Waals surface area contributed by atoms with Crippen molar-refractivity contribution in [2.45, 2.75) is 6.92 Å². The minimum atomic E-state index is -0.579. The fraction of sp³-hybridized carbons (Fsp3) is 0.200. The fourth-order valence-corrected chi connectivity index (χ4v) is 1.74. The fourth-order valence-electron chi connectivity index (χ4n) is 1.74. The molecule has 0 aliphatic heterocycles. The Hall–Kier alpha value is -3.16. The average Bonchev–Trinajstić information content (AvgIpc) is 2.56. The second-order valence-corrected chi connectivity index (χ2v) is 4.30. The Bertz CT molecular complexity index is 714. The molecule has 0 radical (unpaired) electrons. The molecule has 1 aromatic heterocycles. The first-order chi connectivity index (χ1) is 11.0. The molecular weight excluding hydrogens is 304 g/mol. The highest BCUT2D eigenvalue weighted by molar-refractivity contribution is 5.89. The molecule has 2 aromatic rings. The molecule has 23 heavy (non-hydrogen) atoms. The van der Waals surface area contributed by atoms with Gasteiger partial charge in [0.25, 0.3) is 0 Å². The molecule has 0 aliphatic rings. The largest absolute Gasteiger partial charge is 0.496 e. The summed E-state index contributed by atoms with van der Waals surface area (Å²) in [6.07, 6.45) is 1.28. The summed E-state index contributed by atoms with van der Waals surface area (Å²) < 4.78 is 15.2. The van der Waals surface area contributed by atoms with Crippen LogP contribution in [0.2, 0.25) is 0 Å². The molecule has 0 saturated carbocycles. The van der Waals surface area contributed by atoms with Gasteiger partial charge in [0, 0.05) is 12.3 Å². The Balaban J connectivity index is 2.22. The Morgan fingerprint density at radius 3 is 2.65 bits per heavy atom. The lowest BCUT2D eigenvalue weighted by atomic mass is 10.2. The number of aromatic nitrogens is 1. The maximum Gasteiger partial charge on any atom is 0.339 e. The van der Waals surface area contributed by atoms with Gasteiger partial charge in [-0.05, 0) is 25.1 Å². The van der Waals surface area contributed by atoms with Crippen molar-refractivity contribution >= 4 is 11.7 Å². The smallest absolute Gasteiger partial charge is 0.339 e. The van der Waals surface area contributed by atoms with Crippen LogP contribution < -0.4 is 9.47 Å². The third-order valence-electron chi connectivity index (χ3n) is 2.82. The molecule has 0 unspecified atom stereocenters. The van der Waals surface area contributed by atoms with E-state index < -0.39 is 10.9 Å². The van der Waals surface area contributed by atoms with Gasteiger partial charge in [0.1, 0.15) is 5.75 Å². The van der Waals surface area contributed by atoms with Crippen molar-refractivity contribution < 1.29 is 23.9 Å². The zero-order valence-electron chi connectivity index (χ0n) is 12.5. The molecule has 0 spiro atoms. The summed E-state index contributed by atoms with van der Waals surface area (Å²) in [5.41, 5.74) is 0.0176. The molecule has 1 heterocycles. The first-order valence-electron chi connectivity index (χ1n) is 6.68. The molecule has 0 saturated heterocycles. The van der Waals surface area contributed by atoms with E-state index in [0.717, 1.165) is 0 Å². The van der Waals surface area contributed by atoms with Crippen LogP contribution in [0.4, 0.5) is 5.69 Å². The first kappa shape index (κ1) is 16.2. The van der Waals surface area contributed by atoms with Crippen LogP contribution in [0.3, 0.4) is 0 Å². The van der Waals surface area contributed by atoms with Crippen molar-refractivity contribution in [3.8, 4) is 17.4 Å². The van der Waals surface area contributed by atoms with Gasteiger partial charge in [-0.2, -0.15) is 0 Å². The molecule has 0 bridgehead atoms. The highest BCUT2D eigenvalue weighted by Crippen LogP contribution is 2.33.